The molecule has 0 heterocycles. The Morgan fingerprint density at radius 3 is 2.75 bits per heavy atom. The summed E-state index contributed by atoms with van der Waals surface area (Å²) in [5.74, 6) is 1.04. The van der Waals surface area contributed by atoms with Gasteiger partial charge in [-0.05, 0) is 29.8 Å². The number of ether oxygens (including phenoxy) is 1. The van der Waals surface area contributed by atoms with Crippen molar-refractivity contribution in [2.45, 2.75) is 17.4 Å². The Morgan fingerprint density at radius 1 is 1.20 bits per heavy atom. The van der Waals surface area contributed by atoms with Gasteiger partial charge in [0.2, 0.25) is 0 Å². The van der Waals surface area contributed by atoms with E-state index < -0.39 is 6.10 Å². The molecule has 0 amide bonds. The molecule has 0 aliphatic rings. The van der Waals surface area contributed by atoms with Crippen LogP contribution in [-0.2, 0) is 6.42 Å². The number of methoxy groups -OCH3 is 1. The maximum Gasteiger partial charge on any atom is 0.124 e. The van der Waals surface area contributed by atoms with E-state index in [-0.39, 0.29) is 5.82 Å². The lowest BCUT2D eigenvalue weighted by Crippen LogP contribution is -2.14. The molecule has 2 aromatic rings. The summed E-state index contributed by atoms with van der Waals surface area (Å²) in [6.07, 6.45) is 0.0198. The lowest BCUT2D eigenvalue weighted by Gasteiger charge is -2.13. The molecule has 0 aliphatic carbocycles. The Kier molecular flexibility index (Phi) is 5.44. The Hall–Kier alpha value is -1.52. The van der Waals surface area contributed by atoms with E-state index in [1.807, 2.05) is 30.3 Å². The van der Waals surface area contributed by atoms with Crippen molar-refractivity contribution in [1.29, 1.82) is 0 Å². The Morgan fingerprint density at radius 2 is 2.00 bits per heavy atom. The lowest BCUT2D eigenvalue weighted by molar-refractivity contribution is 0.199. The number of thioether (sulfide) groups is 1. The highest BCUT2D eigenvalue weighted by Gasteiger charge is 2.10. The van der Waals surface area contributed by atoms with Crippen LogP contribution < -0.4 is 4.74 Å². The minimum Gasteiger partial charge on any atom is -0.496 e. The topological polar surface area (TPSA) is 29.5 Å². The molecule has 1 atom stereocenters. The van der Waals surface area contributed by atoms with Gasteiger partial charge in [0, 0.05) is 17.1 Å². The lowest BCUT2D eigenvalue weighted by atomic mass is 10.1. The Balaban J connectivity index is 1.91. The van der Waals surface area contributed by atoms with Crippen LogP contribution in [0.1, 0.15) is 5.56 Å². The third-order valence-corrected chi connectivity index (χ3v) is 4.03. The Labute approximate surface area is 122 Å². The molecule has 0 saturated heterocycles. The molecule has 2 rings (SSSR count). The quantitative estimate of drug-likeness (QED) is 0.826. The molecule has 0 radical (unpaired) electrons. The van der Waals surface area contributed by atoms with Crippen LogP contribution in [0.3, 0.4) is 0 Å². The van der Waals surface area contributed by atoms with E-state index in [2.05, 4.69) is 0 Å². The molecular formula is C16H17FO2S. The van der Waals surface area contributed by atoms with Gasteiger partial charge in [0.05, 0.1) is 13.2 Å². The van der Waals surface area contributed by atoms with E-state index in [4.69, 9.17) is 4.74 Å². The second-order valence-corrected chi connectivity index (χ2v) is 5.53. The van der Waals surface area contributed by atoms with E-state index in [9.17, 15) is 9.50 Å². The predicted octanol–water partition coefficient (Wildman–Crippen LogP) is 3.53. The molecule has 0 bridgehead atoms. The van der Waals surface area contributed by atoms with Crippen LogP contribution in [0.4, 0.5) is 4.39 Å². The zero-order chi connectivity index (χ0) is 14.4. The standard InChI is InChI=1S/C16H17FO2S/c1-19-16-8-3-2-5-12(16)9-14(18)11-20-15-7-4-6-13(17)10-15/h2-8,10,14,18H,9,11H2,1H3. The molecule has 0 aromatic heterocycles. The van der Waals surface area contributed by atoms with Crippen molar-refractivity contribution in [2.24, 2.45) is 0 Å². The van der Waals surface area contributed by atoms with Gasteiger partial charge in [-0.2, -0.15) is 0 Å². The van der Waals surface area contributed by atoms with E-state index in [1.165, 1.54) is 23.9 Å². The first-order chi connectivity index (χ1) is 9.69. The molecule has 4 heteroatoms. The highest BCUT2D eigenvalue weighted by atomic mass is 32.2. The third kappa shape index (κ3) is 4.25. The maximum atomic E-state index is 13.0. The molecule has 0 spiro atoms. The summed E-state index contributed by atoms with van der Waals surface area (Å²) >= 11 is 1.44. The first-order valence-corrected chi connectivity index (χ1v) is 7.36. The van der Waals surface area contributed by atoms with Crippen LogP contribution in [0.15, 0.2) is 53.4 Å². The molecule has 1 unspecified atom stereocenters. The number of para-hydroxylation sites is 1. The summed E-state index contributed by atoms with van der Waals surface area (Å²) in [6, 6.07) is 14.0. The van der Waals surface area contributed by atoms with Crippen LogP contribution in [0.5, 0.6) is 5.75 Å². The van der Waals surface area contributed by atoms with Crippen LogP contribution in [0.25, 0.3) is 0 Å². The minimum atomic E-state index is -0.500. The van der Waals surface area contributed by atoms with Crippen molar-refractivity contribution >= 4 is 11.8 Å². The summed E-state index contributed by atoms with van der Waals surface area (Å²) in [4.78, 5) is 0.823. The summed E-state index contributed by atoms with van der Waals surface area (Å²) in [5, 5.41) is 10.1. The van der Waals surface area contributed by atoms with Crippen molar-refractivity contribution in [1.82, 2.24) is 0 Å². The SMILES string of the molecule is COc1ccccc1CC(O)CSc1cccc(F)c1. The second-order valence-electron chi connectivity index (χ2n) is 4.44. The summed E-state index contributed by atoms with van der Waals surface area (Å²) < 4.78 is 18.3. The summed E-state index contributed by atoms with van der Waals surface area (Å²) in [7, 11) is 1.62. The van der Waals surface area contributed by atoms with Crippen molar-refractivity contribution in [3.05, 3.63) is 59.9 Å². The molecule has 20 heavy (non-hydrogen) atoms. The maximum absolute atomic E-state index is 13.0. The molecule has 0 fully saturated rings. The van der Waals surface area contributed by atoms with Gasteiger partial charge in [-0.3, -0.25) is 0 Å². The second kappa shape index (κ2) is 7.31. The van der Waals surface area contributed by atoms with Gasteiger partial charge in [0.25, 0.3) is 0 Å². The molecule has 2 nitrogen and oxygen atoms in total. The number of aliphatic hydroxyl groups excluding tert-OH is 1. The van der Waals surface area contributed by atoms with Gasteiger partial charge < -0.3 is 9.84 Å². The fraction of sp³-hybridized carbons (Fsp3) is 0.250. The first-order valence-electron chi connectivity index (χ1n) is 6.37. The summed E-state index contributed by atoms with van der Waals surface area (Å²) in [6.45, 7) is 0. The predicted molar refractivity (Wildman–Crippen MR) is 79.8 cm³/mol. The summed E-state index contributed by atoms with van der Waals surface area (Å²) in [5.41, 5.74) is 0.974. The van der Waals surface area contributed by atoms with Crippen molar-refractivity contribution in [3.63, 3.8) is 0 Å². The number of benzene rings is 2. The molecule has 0 saturated carbocycles. The van der Waals surface area contributed by atoms with E-state index >= 15 is 0 Å². The molecule has 106 valence electrons. The first kappa shape index (κ1) is 14.9. The molecular weight excluding hydrogens is 275 g/mol. The van der Waals surface area contributed by atoms with Gasteiger partial charge in [-0.15, -0.1) is 11.8 Å². The molecule has 1 N–H and O–H groups in total. The number of hydrogen-bond acceptors (Lipinski definition) is 3. The van der Waals surface area contributed by atoms with Crippen molar-refractivity contribution < 1.29 is 14.2 Å². The smallest absolute Gasteiger partial charge is 0.124 e. The fourth-order valence-corrected chi connectivity index (χ4v) is 2.81. The van der Waals surface area contributed by atoms with Gasteiger partial charge in [-0.25, -0.2) is 4.39 Å². The Bertz CT molecular complexity index is 560. The minimum absolute atomic E-state index is 0.255. The van der Waals surface area contributed by atoms with Gasteiger partial charge in [0.15, 0.2) is 0 Å². The van der Waals surface area contributed by atoms with Gasteiger partial charge in [-0.1, -0.05) is 24.3 Å². The largest absolute Gasteiger partial charge is 0.496 e. The van der Waals surface area contributed by atoms with Gasteiger partial charge in [0.1, 0.15) is 11.6 Å². The van der Waals surface area contributed by atoms with Crippen LogP contribution in [-0.4, -0.2) is 24.1 Å². The average molecular weight is 292 g/mol. The van der Waals surface area contributed by atoms with E-state index in [0.717, 1.165) is 16.2 Å². The number of rotatable bonds is 6. The van der Waals surface area contributed by atoms with Gasteiger partial charge >= 0.3 is 0 Å². The van der Waals surface area contributed by atoms with Crippen molar-refractivity contribution in [2.75, 3.05) is 12.9 Å². The number of hydrogen-bond donors (Lipinski definition) is 1. The highest BCUT2D eigenvalue weighted by Crippen LogP contribution is 2.23. The number of aliphatic hydroxyl groups is 1. The molecule has 2 aromatic carbocycles. The van der Waals surface area contributed by atoms with Crippen LogP contribution in [0.2, 0.25) is 0 Å². The number of halogens is 1. The fourth-order valence-electron chi connectivity index (χ4n) is 1.93. The van der Waals surface area contributed by atoms with Crippen LogP contribution >= 0.6 is 11.8 Å². The van der Waals surface area contributed by atoms with E-state index in [1.54, 1.807) is 13.2 Å². The monoisotopic (exact) mass is 292 g/mol. The third-order valence-electron chi connectivity index (χ3n) is 2.89. The normalized spacial score (nSPS) is 12.2. The zero-order valence-corrected chi connectivity index (χ0v) is 12.1. The zero-order valence-electron chi connectivity index (χ0n) is 11.3. The van der Waals surface area contributed by atoms with E-state index in [0.29, 0.717) is 12.2 Å². The highest BCUT2D eigenvalue weighted by molar-refractivity contribution is 7.99. The molecule has 0 aliphatic heterocycles. The van der Waals surface area contributed by atoms with Crippen LogP contribution in [0, 0.1) is 5.82 Å². The average Bonchev–Trinajstić information content (AvgIpc) is 2.46. The van der Waals surface area contributed by atoms with Crippen molar-refractivity contribution in [3.8, 4) is 5.75 Å².